The van der Waals surface area contributed by atoms with Crippen LogP contribution in [-0.4, -0.2) is 33.8 Å². The average Bonchev–Trinajstić information content (AvgIpc) is 3.13. The highest BCUT2D eigenvalue weighted by molar-refractivity contribution is 5.97. The van der Waals surface area contributed by atoms with Crippen LogP contribution in [0.25, 0.3) is 5.65 Å². The molecule has 1 aromatic carbocycles. The summed E-state index contributed by atoms with van der Waals surface area (Å²) < 4.78 is 7.68. The molecule has 1 unspecified atom stereocenters. The summed E-state index contributed by atoms with van der Waals surface area (Å²) in [6, 6.07) is 12.0. The molecular weight excluding hydrogens is 356 g/mol. The van der Waals surface area contributed by atoms with E-state index in [0.717, 1.165) is 17.8 Å². The van der Waals surface area contributed by atoms with Crippen LogP contribution in [0.1, 0.15) is 36.3 Å². The number of carbonyl (C=O) groups is 2. The minimum absolute atomic E-state index is 0.192. The number of aromatic nitrogens is 2. The summed E-state index contributed by atoms with van der Waals surface area (Å²) in [6.07, 6.45) is 4.70. The van der Waals surface area contributed by atoms with Gasteiger partial charge in [-0.2, -0.15) is 0 Å². The Balaban J connectivity index is 1.53. The van der Waals surface area contributed by atoms with Gasteiger partial charge in [0, 0.05) is 24.5 Å². The first-order valence-corrected chi connectivity index (χ1v) is 9.31. The van der Waals surface area contributed by atoms with Crippen molar-refractivity contribution in [3.63, 3.8) is 0 Å². The van der Waals surface area contributed by atoms with Crippen LogP contribution in [-0.2, 0) is 11.4 Å². The van der Waals surface area contributed by atoms with E-state index in [2.05, 4.69) is 15.6 Å². The van der Waals surface area contributed by atoms with Gasteiger partial charge in [-0.3, -0.25) is 9.59 Å². The maximum absolute atomic E-state index is 12.3. The number of hydrogen-bond acceptors (Lipinski definition) is 4. The first-order chi connectivity index (χ1) is 13.6. The van der Waals surface area contributed by atoms with Crippen molar-refractivity contribution in [1.29, 1.82) is 0 Å². The lowest BCUT2D eigenvalue weighted by Gasteiger charge is -2.14. The third-order valence-electron chi connectivity index (χ3n) is 4.21. The lowest BCUT2D eigenvalue weighted by atomic mass is 10.2. The Bertz CT molecular complexity index is 917. The van der Waals surface area contributed by atoms with Crippen molar-refractivity contribution in [2.45, 2.75) is 32.9 Å². The molecule has 28 heavy (non-hydrogen) atoms. The number of ether oxygens (including phenoxy) is 1. The lowest BCUT2D eigenvalue weighted by Crippen LogP contribution is -2.44. The summed E-state index contributed by atoms with van der Waals surface area (Å²) in [5, 5.41) is 5.45. The summed E-state index contributed by atoms with van der Waals surface area (Å²) in [4.78, 5) is 28.6. The topological polar surface area (TPSA) is 84.7 Å². The van der Waals surface area contributed by atoms with Gasteiger partial charge in [0.15, 0.2) is 0 Å². The minimum Gasteiger partial charge on any atom is -0.487 e. The molecule has 0 saturated heterocycles. The third-order valence-corrected chi connectivity index (χ3v) is 4.21. The van der Waals surface area contributed by atoms with E-state index >= 15 is 0 Å². The van der Waals surface area contributed by atoms with Crippen molar-refractivity contribution in [3.05, 3.63) is 66.1 Å². The van der Waals surface area contributed by atoms with Gasteiger partial charge < -0.3 is 19.8 Å². The predicted octanol–water partition coefficient (Wildman–Crippen LogP) is 2.56. The molecule has 2 N–H and O–H groups in total. The number of benzene rings is 1. The smallest absolute Gasteiger partial charge is 0.251 e. The number of hydrogen-bond donors (Lipinski definition) is 2. The zero-order valence-electron chi connectivity index (χ0n) is 16.0. The molecule has 7 nitrogen and oxygen atoms in total. The second kappa shape index (κ2) is 9.03. The molecule has 0 aliphatic carbocycles. The van der Waals surface area contributed by atoms with Crippen LogP contribution < -0.4 is 15.4 Å². The molecule has 2 amide bonds. The highest BCUT2D eigenvalue weighted by Crippen LogP contribution is 2.15. The van der Waals surface area contributed by atoms with Gasteiger partial charge >= 0.3 is 0 Å². The van der Waals surface area contributed by atoms with Gasteiger partial charge in [0.2, 0.25) is 5.91 Å². The summed E-state index contributed by atoms with van der Waals surface area (Å²) >= 11 is 0. The predicted molar refractivity (Wildman–Crippen MR) is 106 cm³/mol. The summed E-state index contributed by atoms with van der Waals surface area (Å²) in [5.41, 5.74) is 2.15. The van der Waals surface area contributed by atoms with Gasteiger partial charge in [-0.1, -0.05) is 13.0 Å². The molecule has 0 spiro atoms. The molecule has 146 valence electrons. The van der Waals surface area contributed by atoms with Crippen LogP contribution in [0, 0.1) is 0 Å². The molecule has 0 fully saturated rings. The zero-order chi connectivity index (χ0) is 19.9. The molecule has 3 aromatic rings. The molecule has 0 bridgehead atoms. The molecule has 3 rings (SSSR count). The Morgan fingerprint density at radius 1 is 1.18 bits per heavy atom. The number of imidazole rings is 1. The van der Waals surface area contributed by atoms with Crippen LogP contribution in [0.4, 0.5) is 0 Å². The Morgan fingerprint density at radius 2 is 1.96 bits per heavy atom. The van der Waals surface area contributed by atoms with E-state index in [1.807, 2.05) is 41.9 Å². The van der Waals surface area contributed by atoms with Gasteiger partial charge in [0.1, 0.15) is 24.0 Å². The molecule has 0 aliphatic heterocycles. The number of nitrogens with one attached hydrogen (secondary N) is 2. The lowest BCUT2D eigenvalue weighted by molar-refractivity contribution is -0.122. The second-order valence-corrected chi connectivity index (χ2v) is 6.50. The quantitative estimate of drug-likeness (QED) is 0.629. The van der Waals surface area contributed by atoms with Crippen molar-refractivity contribution in [3.8, 4) is 5.75 Å². The minimum atomic E-state index is -0.593. The Kier molecular flexibility index (Phi) is 6.26. The van der Waals surface area contributed by atoms with Crippen molar-refractivity contribution < 1.29 is 14.3 Å². The highest BCUT2D eigenvalue weighted by atomic mass is 16.5. The monoisotopic (exact) mass is 380 g/mol. The summed E-state index contributed by atoms with van der Waals surface area (Å²) in [6.45, 7) is 4.57. The Hall–Kier alpha value is -3.35. The summed E-state index contributed by atoms with van der Waals surface area (Å²) in [7, 11) is 0. The van der Waals surface area contributed by atoms with Crippen LogP contribution in [0.3, 0.4) is 0 Å². The normalized spacial score (nSPS) is 11.8. The van der Waals surface area contributed by atoms with E-state index in [1.54, 1.807) is 31.2 Å². The molecule has 0 saturated carbocycles. The standard InChI is InChI=1S/C21H24N4O3/c1-3-11-22-20(26)15(2)23-21(27)16-7-9-18(10-8-16)28-14-17-13-25-12-5-4-6-19(25)24-17/h4-10,12-13,15H,3,11,14H2,1-2H3,(H,22,26)(H,23,27). The van der Waals surface area contributed by atoms with Crippen LogP contribution in [0.15, 0.2) is 54.9 Å². The van der Waals surface area contributed by atoms with Crippen LogP contribution in [0.5, 0.6) is 5.75 Å². The van der Waals surface area contributed by atoms with Crippen LogP contribution in [0.2, 0.25) is 0 Å². The fourth-order valence-electron chi connectivity index (χ4n) is 2.66. The van der Waals surface area contributed by atoms with Crippen molar-refractivity contribution in [2.75, 3.05) is 6.54 Å². The first-order valence-electron chi connectivity index (χ1n) is 9.31. The van der Waals surface area contributed by atoms with Crippen molar-refractivity contribution >= 4 is 17.5 Å². The van der Waals surface area contributed by atoms with E-state index in [4.69, 9.17) is 4.74 Å². The second-order valence-electron chi connectivity index (χ2n) is 6.50. The van der Waals surface area contributed by atoms with E-state index in [0.29, 0.717) is 24.5 Å². The van der Waals surface area contributed by atoms with Gasteiger partial charge in [0.05, 0.1) is 5.69 Å². The van der Waals surface area contributed by atoms with Crippen molar-refractivity contribution in [2.24, 2.45) is 0 Å². The number of rotatable bonds is 8. The maximum atomic E-state index is 12.3. The number of pyridine rings is 1. The van der Waals surface area contributed by atoms with E-state index in [1.165, 1.54) is 0 Å². The van der Waals surface area contributed by atoms with Gasteiger partial charge in [-0.05, 0) is 49.7 Å². The molecule has 7 heteroatoms. The van der Waals surface area contributed by atoms with E-state index in [-0.39, 0.29) is 11.8 Å². The third kappa shape index (κ3) is 4.88. The maximum Gasteiger partial charge on any atom is 0.251 e. The number of fused-ring (bicyclic) bond motifs is 1. The molecule has 0 aliphatic rings. The zero-order valence-corrected chi connectivity index (χ0v) is 16.0. The summed E-state index contributed by atoms with van der Waals surface area (Å²) in [5.74, 6) is 0.149. The van der Waals surface area contributed by atoms with Gasteiger partial charge in [-0.25, -0.2) is 4.98 Å². The molecule has 2 aromatic heterocycles. The molecular formula is C21H24N4O3. The molecule has 2 heterocycles. The fourth-order valence-corrected chi connectivity index (χ4v) is 2.66. The van der Waals surface area contributed by atoms with Crippen LogP contribution >= 0.6 is 0 Å². The number of amides is 2. The molecule has 1 atom stereocenters. The van der Waals surface area contributed by atoms with Crippen molar-refractivity contribution in [1.82, 2.24) is 20.0 Å². The number of nitrogens with zero attached hydrogens (tertiary/aromatic N) is 2. The van der Waals surface area contributed by atoms with Gasteiger partial charge in [0.25, 0.3) is 5.91 Å². The molecule has 0 radical (unpaired) electrons. The van der Waals surface area contributed by atoms with E-state index in [9.17, 15) is 9.59 Å². The average molecular weight is 380 g/mol. The number of carbonyl (C=O) groups excluding carboxylic acids is 2. The highest BCUT2D eigenvalue weighted by Gasteiger charge is 2.16. The Morgan fingerprint density at radius 3 is 2.68 bits per heavy atom. The fraction of sp³-hybridized carbons (Fsp3) is 0.286. The first kappa shape index (κ1) is 19.4. The SMILES string of the molecule is CCCNC(=O)C(C)NC(=O)c1ccc(OCc2cn3ccccc3n2)cc1. The Labute approximate surface area is 163 Å². The largest absolute Gasteiger partial charge is 0.487 e. The van der Waals surface area contributed by atoms with Gasteiger partial charge in [-0.15, -0.1) is 0 Å². The van der Waals surface area contributed by atoms with E-state index < -0.39 is 6.04 Å².